The second-order valence-electron chi connectivity index (χ2n) is 1.45. The molecule has 0 aliphatic rings. The van der Waals surface area contributed by atoms with E-state index in [1.807, 2.05) is 0 Å². The van der Waals surface area contributed by atoms with E-state index in [-0.39, 0.29) is 0 Å². The number of nitrogens with two attached hydrogens (primary N) is 1. The van der Waals surface area contributed by atoms with Crippen molar-refractivity contribution >= 4 is 22.9 Å². The molecule has 1 rings (SSSR count). The summed E-state index contributed by atoms with van der Waals surface area (Å²) in [7, 11) is 0. The molecule has 1 aromatic heterocycles. The fraction of sp³-hybridized carbons (Fsp3) is 0.250. The fourth-order valence-electron chi connectivity index (χ4n) is 0.464. The second-order valence-corrected chi connectivity index (χ2v) is 2.74. The van der Waals surface area contributed by atoms with E-state index in [0.29, 0.717) is 11.7 Å². The topological polar surface area (TPSA) is 50.9 Å². The number of nitrogens with one attached hydrogen (secondary N) is 1. The quantitative estimate of drug-likeness (QED) is 0.500. The highest BCUT2D eigenvalue weighted by Gasteiger charge is 1.99. The predicted molar refractivity (Wildman–Crippen MR) is 38.2 cm³/mol. The fourth-order valence-corrected chi connectivity index (χ4v) is 1.37. The van der Waals surface area contributed by atoms with Crippen molar-refractivity contribution < 1.29 is 0 Å². The van der Waals surface area contributed by atoms with Gasteiger partial charge in [-0.3, -0.25) is 11.3 Å². The van der Waals surface area contributed by atoms with E-state index in [2.05, 4.69) is 10.4 Å². The van der Waals surface area contributed by atoms with E-state index in [1.165, 1.54) is 11.3 Å². The normalized spacial score (nSPS) is 10.0. The average Bonchev–Trinajstić information content (AvgIpc) is 2.18. The highest BCUT2D eigenvalue weighted by Crippen LogP contribution is 2.17. The van der Waals surface area contributed by atoms with Crippen LogP contribution in [-0.4, -0.2) is 4.98 Å². The first kappa shape index (κ1) is 6.95. The molecule has 0 aliphatic carbocycles. The number of nitrogens with zero attached hydrogens (tertiary/aromatic N) is 1. The molecule has 0 saturated heterocycles. The van der Waals surface area contributed by atoms with Crippen LogP contribution in [0.3, 0.4) is 0 Å². The van der Waals surface area contributed by atoms with Gasteiger partial charge in [-0.2, -0.15) is 0 Å². The SMILES string of the molecule is NNCc1scnc1Cl. The van der Waals surface area contributed by atoms with Gasteiger partial charge in [-0.05, 0) is 0 Å². The first-order chi connectivity index (χ1) is 4.34. The first-order valence-electron chi connectivity index (χ1n) is 2.36. The van der Waals surface area contributed by atoms with Gasteiger partial charge in [0.1, 0.15) is 5.15 Å². The Balaban J connectivity index is 2.69. The highest BCUT2D eigenvalue weighted by molar-refractivity contribution is 7.10. The Morgan fingerprint density at radius 3 is 3.11 bits per heavy atom. The van der Waals surface area contributed by atoms with E-state index in [0.717, 1.165) is 4.88 Å². The Hall–Kier alpha value is -0.160. The largest absolute Gasteiger partial charge is 0.271 e. The maximum absolute atomic E-state index is 5.62. The van der Waals surface area contributed by atoms with Gasteiger partial charge < -0.3 is 0 Å². The summed E-state index contributed by atoms with van der Waals surface area (Å²) in [5, 5.41) is 0.540. The van der Waals surface area contributed by atoms with Crippen LogP contribution in [0.4, 0.5) is 0 Å². The summed E-state index contributed by atoms with van der Waals surface area (Å²) in [6.45, 7) is 0.587. The summed E-state index contributed by atoms with van der Waals surface area (Å²) < 4.78 is 0. The summed E-state index contributed by atoms with van der Waals surface area (Å²) in [6.07, 6.45) is 0. The molecule has 0 aliphatic heterocycles. The van der Waals surface area contributed by atoms with Gasteiger partial charge in [0.15, 0.2) is 0 Å². The van der Waals surface area contributed by atoms with Crippen molar-refractivity contribution in [1.82, 2.24) is 10.4 Å². The summed E-state index contributed by atoms with van der Waals surface area (Å²) in [4.78, 5) is 4.80. The Kier molecular flexibility index (Phi) is 2.41. The summed E-state index contributed by atoms with van der Waals surface area (Å²) >= 11 is 7.11. The van der Waals surface area contributed by atoms with Crippen LogP contribution in [-0.2, 0) is 6.54 Å². The van der Waals surface area contributed by atoms with Gasteiger partial charge in [0, 0.05) is 6.54 Å². The molecular formula is C4H6ClN3S. The lowest BCUT2D eigenvalue weighted by Crippen LogP contribution is -2.20. The lowest BCUT2D eigenvalue weighted by Gasteiger charge is -1.91. The monoisotopic (exact) mass is 163 g/mol. The molecular weight excluding hydrogens is 158 g/mol. The molecule has 0 saturated carbocycles. The summed E-state index contributed by atoms with van der Waals surface area (Å²) in [5.74, 6) is 5.06. The van der Waals surface area contributed by atoms with Crippen molar-refractivity contribution in [3.63, 3.8) is 0 Å². The Morgan fingerprint density at radius 2 is 2.67 bits per heavy atom. The molecule has 9 heavy (non-hydrogen) atoms. The standard InChI is InChI=1S/C4H6ClN3S/c5-4-3(1-8-6)9-2-7-4/h2,8H,1,6H2. The van der Waals surface area contributed by atoms with Crippen molar-refractivity contribution in [3.05, 3.63) is 15.5 Å². The van der Waals surface area contributed by atoms with Gasteiger partial charge in [-0.15, -0.1) is 11.3 Å². The molecule has 0 bridgehead atoms. The van der Waals surface area contributed by atoms with E-state index in [4.69, 9.17) is 17.4 Å². The zero-order valence-electron chi connectivity index (χ0n) is 4.60. The maximum Gasteiger partial charge on any atom is 0.144 e. The smallest absolute Gasteiger partial charge is 0.144 e. The molecule has 1 aromatic rings. The summed E-state index contributed by atoms with van der Waals surface area (Å²) in [5.41, 5.74) is 4.19. The van der Waals surface area contributed by atoms with Crippen LogP contribution in [0.15, 0.2) is 5.51 Å². The van der Waals surface area contributed by atoms with Crippen LogP contribution in [0.2, 0.25) is 5.15 Å². The predicted octanol–water partition coefficient (Wildman–Crippen LogP) is 0.760. The summed E-state index contributed by atoms with van der Waals surface area (Å²) in [6, 6.07) is 0. The van der Waals surface area contributed by atoms with Gasteiger partial charge in [-0.1, -0.05) is 11.6 Å². The zero-order chi connectivity index (χ0) is 6.69. The van der Waals surface area contributed by atoms with Crippen LogP contribution in [0.1, 0.15) is 4.88 Å². The lowest BCUT2D eigenvalue weighted by atomic mass is 10.6. The maximum atomic E-state index is 5.62. The van der Waals surface area contributed by atoms with E-state index in [9.17, 15) is 0 Å². The van der Waals surface area contributed by atoms with Crippen molar-refractivity contribution in [2.75, 3.05) is 0 Å². The number of hydrogen-bond acceptors (Lipinski definition) is 4. The molecule has 3 nitrogen and oxygen atoms in total. The average molecular weight is 164 g/mol. The molecule has 0 radical (unpaired) electrons. The molecule has 0 unspecified atom stereocenters. The van der Waals surface area contributed by atoms with Gasteiger partial charge in [0.2, 0.25) is 0 Å². The number of hydrazine groups is 1. The lowest BCUT2D eigenvalue weighted by molar-refractivity contribution is 0.750. The van der Waals surface area contributed by atoms with Crippen molar-refractivity contribution in [2.45, 2.75) is 6.54 Å². The second kappa shape index (κ2) is 3.12. The minimum atomic E-state index is 0.540. The van der Waals surface area contributed by atoms with Crippen LogP contribution in [0, 0.1) is 0 Å². The van der Waals surface area contributed by atoms with Crippen LogP contribution in [0.25, 0.3) is 0 Å². The number of hydrogen-bond donors (Lipinski definition) is 2. The van der Waals surface area contributed by atoms with Crippen LogP contribution < -0.4 is 11.3 Å². The first-order valence-corrected chi connectivity index (χ1v) is 3.61. The van der Waals surface area contributed by atoms with E-state index >= 15 is 0 Å². The number of rotatable bonds is 2. The van der Waals surface area contributed by atoms with Gasteiger partial charge in [0.25, 0.3) is 0 Å². The highest BCUT2D eigenvalue weighted by atomic mass is 35.5. The third-order valence-corrected chi connectivity index (χ3v) is 2.12. The number of aromatic nitrogens is 1. The minimum absolute atomic E-state index is 0.540. The molecule has 50 valence electrons. The van der Waals surface area contributed by atoms with Crippen molar-refractivity contribution in [3.8, 4) is 0 Å². The zero-order valence-corrected chi connectivity index (χ0v) is 6.17. The van der Waals surface area contributed by atoms with Crippen LogP contribution in [0.5, 0.6) is 0 Å². The van der Waals surface area contributed by atoms with Gasteiger partial charge in [-0.25, -0.2) is 4.98 Å². The molecule has 0 spiro atoms. The third kappa shape index (κ3) is 1.62. The number of halogens is 1. The molecule has 0 amide bonds. The van der Waals surface area contributed by atoms with Crippen molar-refractivity contribution in [1.29, 1.82) is 0 Å². The Bertz CT molecular complexity index is 188. The van der Waals surface area contributed by atoms with Crippen LogP contribution >= 0.6 is 22.9 Å². The molecule has 0 aromatic carbocycles. The van der Waals surface area contributed by atoms with E-state index < -0.39 is 0 Å². The molecule has 0 fully saturated rings. The molecule has 3 N–H and O–H groups in total. The van der Waals surface area contributed by atoms with Gasteiger partial charge in [0.05, 0.1) is 10.4 Å². The molecule has 1 heterocycles. The molecule has 0 atom stereocenters. The van der Waals surface area contributed by atoms with Gasteiger partial charge >= 0.3 is 0 Å². The molecule has 5 heteroatoms. The minimum Gasteiger partial charge on any atom is -0.271 e. The Morgan fingerprint density at radius 1 is 1.89 bits per heavy atom. The number of thiazole rings is 1. The Labute approximate surface area is 61.8 Å². The van der Waals surface area contributed by atoms with E-state index in [1.54, 1.807) is 5.51 Å². The third-order valence-electron chi connectivity index (χ3n) is 0.854. The van der Waals surface area contributed by atoms with Crippen molar-refractivity contribution in [2.24, 2.45) is 5.84 Å².